The van der Waals surface area contributed by atoms with Crippen LogP contribution in [0.15, 0.2) is 53.9 Å². The highest BCUT2D eigenvalue weighted by Gasteiger charge is 2.62. The third kappa shape index (κ3) is 2.58. The summed E-state index contributed by atoms with van der Waals surface area (Å²) in [5, 5.41) is 13.7. The summed E-state index contributed by atoms with van der Waals surface area (Å²) in [5.74, 6) is -1.01. The van der Waals surface area contributed by atoms with Crippen molar-refractivity contribution in [1.29, 1.82) is 0 Å². The predicted octanol–water partition coefficient (Wildman–Crippen LogP) is 2.95. The van der Waals surface area contributed by atoms with Gasteiger partial charge < -0.3 is 9.67 Å². The van der Waals surface area contributed by atoms with Crippen molar-refractivity contribution in [3.63, 3.8) is 0 Å². The number of hydrazone groups is 1. The van der Waals surface area contributed by atoms with E-state index < -0.39 is 24.2 Å². The summed E-state index contributed by atoms with van der Waals surface area (Å²) in [6.45, 7) is 1.33. The summed E-state index contributed by atoms with van der Waals surface area (Å²) in [7, 11) is 0. The van der Waals surface area contributed by atoms with Gasteiger partial charge in [-0.1, -0.05) is 0 Å². The molecule has 0 bridgehead atoms. The molecular formula is C16H14F3N3O2. The van der Waals surface area contributed by atoms with E-state index in [-0.39, 0.29) is 16.3 Å². The maximum Gasteiger partial charge on any atom is 0.438 e. The van der Waals surface area contributed by atoms with Crippen molar-refractivity contribution in [3.05, 3.63) is 54.4 Å². The average molecular weight is 337 g/mol. The van der Waals surface area contributed by atoms with Gasteiger partial charge in [0.2, 0.25) is 0 Å². The van der Waals surface area contributed by atoms with Gasteiger partial charge in [-0.25, -0.2) is 0 Å². The Morgan fingerprint density at radius 3 is 2.33 bits per heavy atom. The number of nitrogens with zero attached hydrogens (tertiary/aromatic N) is 3. The summed E-state index contributed by atoms with van der Waals surface area (Å²) in [4.78, 5) is 12.4. The summed E-state index contributed by atoms with van der Waals surface area (Å²) in [5.41, 5.74) is -2.52. The van der Waals surface area contributed by atoms with E-state index in [9.17, 15) is 23.1 Å². The zero-order valence-electron chi connectivity index (χ0n) is 12.7. The van der Waals surface area contributed by atoms with Crippen molar-refractivity contribution in [1.82, 2.24) is 9.58 Å². The Morgan fingerprint density at radius 1 is 1.21 bits per heavy atom. The molecule has 0 radical (unpaired) electrons. The van der Waals surface area contributed by atoms with Crippen molar-refractivity contribution in [3.8, 4) is 5.69 Å². The number of aliphatic hydroxyl groups is 1. The van der Waals surface area contributed by atoms with Crippen molar-refractivity contribution < 1.29 is 23.1 Å². The van der Waals surface area contributed by atoms with Gasteiger partial charge in [0.05, 0.1) is 0 Å². The molecule has 1 aliphatic heterocycles. The number of amides is 1. The fourth-order valence-electron chi connectivity index (χ4n) is 2.56. The van der Waals surface area contributed by atoms with Crippen LogP contribution in [0.3, 0.4) is 0 Å². The van der Waals surface area contributed by atoms with Gasteiger partial charge in [-0.3, -0.25) is 4.79 Å². The molecule has 0 fully saturated rings. The van der Waals surface area contributed by atoms with E-state index in [0.717, 1.165) is 5.69 Å². The number of hydrogen-bond donors (Lipinski definition) is 1. The maximum absolute atomic E-state index is 13.2. The summed E-state index contributed by atoms with van der Waals surface area (Å²) < 4.78 is 41.3. The first-order valence-electron chi connectivity index (χ1n) is 7.13. The molecule has 2 aromatic rings. The molecule has 1 N–H and O–H groups in total. The highest BCUT2D eigenvalue weighted by molar-refractivity contribution is 5.98. The summed E-state index contributed by atoms with van der Waals surface area (Å²) >= 11 is 0. The SMILES string of the molecule is CC1=NN(C(=O)c2ccc(-n3cccc3)cc2)[C@](O)(C(F)(F)F)C1. The topological polar surface area (TPSA) is 57.8 Å². The average Bonchev–Trinajstić information content (AvgIpc) is 3.14. The Bertz CT molecular complexity index is 782. The highest BCUT2D eigenvalue weighted by Crippen LogP contribution is 2.40. The second-order valence-electron chi connectivity index (χ2n) is 5.58. The zero-order valence-corrected chi connectivity index (χ0v) is 12.7. The smallest absolute Gasteiger partial charge is 0.362 e. The molecule has 1 atom stereocenters. The minimum absolute atomic E-state index is 0.00651. The fraction of sp³-hybridized carbons (Fsp3) is 0.250. The quantitative estimate of drug-likeness (QED) is 0.916. The molecule has 1 aliphatic rings. The molecule has 0 unspecified atom stereocenters. The monoisotopic (exact) mass is 337 g/mol. The lowest BCUT2D eigenvalue weighted by atomic mass is 10.1. The third-order valence-electron chi connectivity index (χ3n) is 3.79. The van der Waals surface area contributed by atoms with Gasteiger partial charge >= 0.3 is 6.18 Å². The Morgan fingerprint density at radius 2 is 1.79 bits per heavy atom. The molecule has 0 aliphatic carbocycles. The zero-order chi connectivity index (χ0) is 17.5. The van der Waals surface area contributed by atoms with Crippen LogP contribution in [-0.2, 0) is 0 Å². The number of halogens is 3. The van der Waals surface area contributed by atoms with Crippen LogP contribution >= 0.6 is 0 Å². The van der Waals surface area contributed by atoms with Crippen LogP contribution in [-0.4, -0.2) is 38.2 Å². The molecular weight excluding hydrogens is 323 g/mol. The van der Waals surface area contributed by atoms with Gasteiger partial charge in [-0.05, 0) is 43.3 Å². The number of rotatable bonds is 2. The molecule has 5 nitrogen and oxygen atoms in total. The van der Waals surface area contributed by atoms with Gasteiger partial charge in [0.25, 0.3) is 11.6 Å². The first-order chi connectivity index (χ1) is 11.2. The summed E-state index contributed by atoms with van der Waals surface area (Å²) in [6.07, 6.45) is -2.17. The van der Waals surface area contributed by atoms with E-state index in [1.165, 1.54) is 19.1 Å². The van der Waals surface area contributed by atoms with Crippen LogP contribution in [0.5, 0.6) is 0 Å². The molecule has 2 heterocycles. The van der Waals surface area contributed by atoms with Gasteiger partial charge in [0.15, 0.2) is 0 Å². The van der Waals surface area contributed by atoms with Gasteiger partial charge in [0.1, 0.15) is 0 Å². The van der Waals surface area contributed by atoms with E-state index in [4.69, 9.17) is 0 Å². The number of carbonyl (C=O) groups is 1. The lowest BCUT2D eigenvalue weighted by Gasteiger charge is -2.32. The molecule has 0 spiro atoms. The van der Waals surface area contributed by atoms with Gasteiger partial charge in [-0.15, -0.1) is 0 Å². The van der Waals surface area contributed by atoms with E-state index in [1.54, 1.807) is 29.1 Å². The van der Waals surface area contributed by atoms with Crippen molar-refractivity contribution in [2.75, 3.05) is 0 Å². The standard InChI is InChI=1S/C16H14F3N3O2/c1-11-10-15(24,16(17,18)19)22(20-11)14(23)12-4-6-13(7-5-12)21-8-2-3-9-21/h2-9,24H,10H2,1H3/t15-/m1/s1. The number of carbonyl (C=O) groups excluding carboxylic acids is 1. The van der Waals surface area contributed by atoms with E-state index in [1.807, 2.05) is 12.1 Å². The highest BCUT2D eigenvalue weighted by atomic mass is 19.4. The van der Waals surface area contributed by atoms with Crippen LogP contribution < -0.4 is 0 Å². The lowest BCUT2D eigenvalue weighted by molar-refractivity contribution is -0.297. The van der Waals surface area contributed by atoms with E-state index >= 15 is 0 Å². The molecule has 0 saturated carbocycles. The Kier molecular flexibility index (Phi) is 3.71. The molecule has 1 aromatic heterocycles. The second-order valence-corrected chi connectivity index (χ2v) is 5.58. The number of benzene rings is 1. The van der Waals surface area contributed by atoms with Crippen LogP contribution in [0, 0.1) is 0 Å². The van der Waals surface area contributed by atoms with Crippen LogP contribution in [0.1, 0.15) is 23.7 Å². The molecule has 3 rings (SSSR count). The van der Waals surface area contributed by atoms with Crippen molar-refractivity contribution >= 4 is 11.6 Å². The maximum atomic E-state index is 13.2. The predicted molar refractivity (Wildman–Crippen MR) is 80.7 cm³/mol. The minimum Gasteiger partial charge on any atom is -0.362 e. The fourth-order valence-corrected chi connectivity index (χ4v) is 2.56. The Labute approximate surface area is 135 Å². The minimum atomic E-state index is -5.00. The third-order valence-corrected chi connectivity index (χ3v) is 3.79. The van der Waals surface area contributed by atoms with Gasteiger partial charge in [0, 0.05) is 35.8 Å². The van der Waals surface area contributed by atoms with Crippen LogP contribution in [0.25, 0.3) is 5.69 Å². The molecule has 8 heteroatoms. The van der Waals surface area contributed by atoms with E-state index in [0.29, 0.717) is 0 Å². The van der Waals surface area contributed by atoms with Crippen molar-refractivity contribution in [2.24, 2.45) is 5.10 Å². The molecule has 126 valence electrons. The molecule has 1 aromatic carbocycles. The molecule has 24 heavy (non-hydrogen) atoms. The number of alkyl halides is 3. The second kappa shape index (κ2) is 5.48. The first-order valence-corrected chi connectivity index (χ1v) is 7.13. The Hall–Kier alpha value is -2.61. The summed E-state index contributed by atoms with van der Waals surface area (Å²) in [6, 6.07) is 9.66. The molecule has 0 saturated heterocycles. The largest absolute Gasteiger partial charge is 0.438 e. The van der Waals surface area contributed by atoms with E-state index in [2.05, 4.69) is 5.10 Å². The normalized spacial score (nSPS) is 21.0. The molecule has 1 amide bonds. The van der Waals surface area contributed by atoms with Crippen LogP contribution in [0.4, 0.5) is 13.2 Å². The van der Waals surface area contributed by atoms with Crippen molar-refractivity contribution in [2.45, 2.75) is 25.2 Å². The number of aromatic nitrogens is 1. The van der Waals surface area contributed by atoms with Crippen LogP contribution in [0.2, 0.25) is 0 Å². The lowest BCUT2D eigenvalue weighted by Crippen LogP contribution is -2.56. The van der Waals surface area contributed by atoms with Gasteiger partial charge in [-0.2, -0.15) is 23.3 Å². The number of hydrogen-bond acceptors (Lipinski definition) is 3. The first kappa shape index (κ1) is 16.3. The Balaban J connectivity index is 1.91.